The molecule has 3 aliphatic rings. The zero-order valence-corrected chi connectivity index (χ0v) is 17.4. The van der Waals surface area contributed by atoms with E-state index in [9.17, 15) is 9.18 Å². The summed E-state index contributed by atoms with van der Waals surface area (Å²) in [6, 6.07) is 9.01. The van der Waals surface area contributed by atoms with Gasteiger partial charge in [-0.25, -0.2) is 4.39 Å². The van der Waals surface area contributed by atoms with Gasteiger partial charge in [-0.3, -0.25) is 4.79 Å². The van der Waals surface area contributed by atoms with Crippen LogP contribution in [0.1, 0.15) is 59.6 Å². The van der Waals surface area contributed by atoms with Gasteiger partial charge in [-0.15, -0.1) is 11.3 Å². The number of hydrogen-bond acceptors (Lipinski definition) is 3. The van der Waals surface area contributed by atoms with Crippen LogP contribution in [0.5, 0.6) is 0 Å². The van der Waals surface area contributed by atoms with Gasteiger partial charge in [-0.05, 0) is 82.2 Å². The van der Waals surface area contributed by atoms with Gasteiger partial charge in [0, 0.05) is 29.2 Å². The summed E-state index contributed by atoms with van der Waals surface area (Å²) in [6.45, 7) is 6.04. The summed E-state index contributed by atoms with van der Waals surface area (Å²) < 4.78 is 13.9. The number of aryl methyl sites for hydroxylation is 2. The van der Waals surface area contributed by atoms with Crippen LogP contribution < -0.4 is 4.90 Å². The van der Waals surface area contributed by atoms with Crippen molar-refractivity contribution in [1.82, 2.24) is 4.90 Å². The molecule has 1 unspecified atom stereocenters. The quantitative estimate of drug-likeness (QED) is 0.708. The largest absolute Gasteiger partial charge is 0.364 e. The highest BCUT2D eigenvalue weighted by Crippen LogP contribution is 2.48. The third-order valence-corrected chi connectivity index (χ3v) is 8.09. The molecule has 3 heterocycles. The van der Waals surface area contributed by atoms with Gasteiger partial charge < -0.3 is 9.80 Å². The van der Waals surface area contributed by atoms with E-state index in [1.54, 1.807) is 23.5 Å². The Balaban J connectivity index is 1.46. The fraction of sp³-hybridized carbons (Fsp3) is 0.522. The molecular formula is C23H27FN2OS. The second-order valence-corrected chi connectivity index (χ2v) is 10.4. The first kappa shape index (κ1) is 18.2. The Bertz CT molecular complexity index is 915. The Kier molecular flexibility index (Phi) is 4.10. The van der Waals surface area contributed by atoms with E-state index in [1.165, 1.54) is 22.9 Å². The third-order valence-electron chi connectivity index (χ3n) is 6.86. The lowest BCUT2D eigenvalue weighted by molar-refractivity contribution is 0.0622. The number of nitrogens with zero attached hydrogens (tertiary/aromatic N) is 2. The Hall–Kier alpha value is -1.88. The minimum absolute atomic E-state index is 0.117. The molecule has 1 aromatic carbocycles. The topological polar surface area (TPSA) is 23.6 Å². The normalized spacial score (nSPS) is 25.7. The molecule has 5 rings (SSSR count). The number of anilines is 1. The van der Waals surface area contributed by atoms with Crippen LogP contribution in [0, 0.1) is 5.82 Å². The van der Waals surface area contributed by atoms with E-state index in [2.05, 4.69) is 29.7 Å². The van der Waals surface area contributed by atoms with E-state index >= 15 is 0 Å². The Labute approximate surface area is 170 Å². The van der Waals surface area contributed by atoms with Crippen LogP contribution in [-0.4, -0.2) is 35.0 Å². The highest BCUT2D eigenvalue weighted by molar-refractivity contribution is 7.14. The van der Waals surface area contributed by atoms with Gasteiger partial charge in [0.2, 0.25) is 0 Å². The molecular weight excluding hydrogens is 371 g/mol. The van der Waals surface area contributed by atoms with E-state index in [4.69, 9.17) is 0 Å². The Morgan fingerprint density at radius 3 is 2.82 bits per heavy atom. The number of carbonyl (C=O) groups excluding carboxylic acids is 1. The molecule has 1 aliphatic carbocycles. The molecule has 2 aromatic rings. The Morgan fingerprint density at radius 2 is 2.04 bits per heavy atom. The van der Waals surface area contributed by atoms with Gasteiger partial charge in [0.1, 0.15) is 5.82 Å². The number of benzene rings is 1. The number of halogens is 1. The smallest absolute Gasteiger partial charge is 0.264 e. The van der Waals surface area contributed by atoms with Crippen LogP contribution in [0.3, 0.4) is 0 Å². The second-order valence-electron chi connectivity index (χ2n) is 9.25. The molecule has 3 nitrogen and oxygen atoms in total. The zero-order valence-electron chi connectivity index (χ0n) is 16.6. The minimum Gasteiger partial charge on any atom is -0.364 e. The lowest BCUT2D eigenvalue weighted by atomic mass is 9.87. The average Bonchev–Trinajstić information content (AvgIpc) is 3.37. The van der Waals surface area contributed by atoms with E-state index in [1.807, 2.05) is 6.07 Å². The van der Waals surface area contributed by atoms with Crippen LogP contribution in [0.25, 0.3) is 0 Å². The predicted molar refractivity (Wildman–Crippen MR) is 112 cm³/mol. The highest BCUT2D eigenvalue weighted by Gasteiger charge is 2.55. The van der Waals surface area contributed by atoms with Gasteiger partial charge in [0.25, 0.3) is 5.91 Å². The van der Waals surface area contributed by atoms with Crippen molar-refractivity contribution in [3.05, 3.63) is 51.5 Å². The summed E-state index contributed by atoms with van der Waals surface area (Å²) in [5.41, 5.74) is 2.03. The maximum absolute atomic E-state index is 13.9. The number of thiophene rings is 1. The molecule has 148 valence electrons. The first-order chi connectivity index (χ1) is 13.4. The zero-order chi connectivity index (χ0) is 19.5. The number of hydrogen-bond donors (Lipinski definition) is 0. The van der Waals surface area contributed by atoms with Crippen LogP contribution in [0.15, 0.2) is 30.3 Å². The van der Waals surface area contributed by atoms with Gasteiger partial charge >= 0.3 is 0 Å². The average molecular weight is 399 g/mol. The minimum atomic E-state index is -0.207. The van der Waals surface area contributed by atoms with Gasteiger partial charge in [-0.2, -0.15) is 0 Å². The van der Waals surface area contributed by atoms with Crippen molar-refractivity contribution in [3.8, 4) is 0 Å². The van der Waals surface area contributed by atoms with Crippen LogP contribution >= 0.6 is 11.3 Å². The molecule has 5 heteroatoms. The molecule has 1 spiro atoms. The lowest BCUT2D eigenvalue weighted by Crippen LogP contribution is -2.49. The number of amides is 1. The summed E-state index contributed by atoms with van der Waals surface area (Å²) >= 11 is 1.70. The van der Waals surface area contributed by atoms with Crippen LogP contribution in [0.2, 0.25) is 0 Å². The second kappa shape index (κ2) is 6.31. The van der Waals surface area contributed by atoms with Crippen molar-refractivity contribution < 1.29 is 9.18 Å². The molecule has 2 fully saturated rings. The standard InChI is InChI=1S/C23H27FN2OS/c1-22(2)14-23(15-26(22)18-8-4-7-17(24)13-18)10-5-11-25(23)21(27)20-12-16-6-3-9-19(16)28-20/h4,7-8,12-13H,3,5-6,9-11,14-15H2,1-2H3. The molecule has 0 bridgehead atoms. The van der Waals surface area contributed by atoms with Gasteiger partial charge in [-0.1, -0.05) is 6.07 Å². The molecule has 28 heavy (non-hydrogen) atoms. The van der Waals surface area contributed by atoms with Crippen molar-refractivity contribution in [1.29, 1.82) is 0 Å². The van der Waals surface area contributed by atoms with Crippen molar-refractivity contribution in [2.45, 2.75) is 63.5 Å². The summed E-state index contributed by atoms with van der Waals surface area (Å²) in [4.78, 5) is 20.2. The molecule has 2 aliphatic heterocycles. The molecule has 0 N–H and O–H groups in total. The first-order valence-corrected chi connectivity index (χ1v) is 11.2. The van der Waals surface area contributed by atoms with Crippen LogP contribution in [0.4, 0.5) is 10.1 Å². The molecule has 0 saturated carbocycles. The monoisotopic (exact) mass is 398 g/mol. The number of carbonyl (C=O) groups is 1. The van der Waals surface area contributed by atoms with E-state index in [0.29, 0.717) is 0 Å². The number of rotatable bonds is 2. The summed E-state index contributed by atoms with van der Waals surface area (Å²) in [5, 5.41) is 0. The van der Waals surface area contributed by atoms with E-state index in [-0.39, 0.29) is 22.8 Å². The molecule has 2 saturated heterocycles. The first-order valence-electron chi connectivity index (χ1n) is 10.3. The SMILES string of the molecule is CC1(C)CC2(CCCN2C(=O)c2cc3c(s2)CCC3)CN1c1cccc(F)c1. The van der Waals surface area contributed by atoms with Crippen molar-refractivity contribution >= 4 is 22.9 Å². The Morgan fingerprint density at radius 1 is 1.18 bits per heavy atom. The maximum atomic E-state index is 13.9. The molecule has 1 amide bonds. The van der Waals surface area contributed by atoms with Gasteiger partial charge in [0.15, 0.2) is 0 Å². The fourth-order valence-electron chi connectivity index (χ4n) is 5.72. The summed E-state index contributed by atoms with van der Waals surface area (Å²) in [5.74, 6) is -0.00417. The number of likely N-dealkylation sites (tertiary alicyclic amines) is 1. The predicted octanol–water partition coefficient (Wildman–Crippen LogP) is 5.04. The van der Waals surface area contributed by atoms with Crippen molar-refractivity contribution in [2.24, 2.45) is 0 Å². The van der Waals surface area contributed by atoms with E-state index in [0.717, 1.165) is 55.8 Å². The molecule has 1 aromatic heterocycles. The maximum Gasteiger partial charge on any atom is 0.264 e. The molecule has 0 radical (unpaired) electrons. The lowest BCUT2D eigenvalue weighted by Gasteiger charge is -2.35. The third kappa shape index (κ3) is 2.78. The van der Waals surface area contributed by atoms with Gasteiger partial charge in [0.05, 0.1) is 10.4 Å². The summed E-state index contributed by atoms with van der Waals surface area (Å²) in [6.07, 6.45) is 6.46. The van der Waals surface area contributed by atoms with Crippen molar-refractivity contribution in [2.75, 3.05) is 18.0 Å². The fourth-order valence-corrected chi connectivity index (χ4v) is 6.92. The van der Waals surface area contributed by atoms with E-state index < -0.39 is 0 Å². The van der Waals surface area contributed by atoms with Crippen LogP contribution in [-0.2, 0) is 12.8 Å². The molecule has 1 atom stereocenters. The van der Waals surface area contributed by atoms with Crippen molar-refractivity contribution in [3.63, 3.8) is 0 Å². The number of fused-ring (bicyclic) bond motifs is 1. The summed E-state index contributed by atoms with van der Waals surface area (Å²) in [7, 11) is 0. The highest BCUT2D eigenvalue weighted by atomic mass is 32.1.